The molecular formula is C18H16N2O3. The minimum Gasteiger partial charge on any atom is -0.468 e. The molecule has 0 aliphatic carbocycles. The molecule has 1 aromatic heterocycles. The Hall–Kier alpha value is -2.95. The fourth-order valence-electron chi connectivity index (χ4n) is 2.54. The van der Waals surface area contributed by atoms with Crippen molar-refractivity contribution in [2.45, 2.75) is 13.5 Å². The highest BCUT2D eigenvalue weighted by molar-refractivity contribution is 5.81. The van der Waals surface area contributed by atoms with Crippen molar-refractivity contribution >= 4 is 16.9 Å². The zero-order chi connectivity index (χ0) is 16.4. The third kappa shape index (κ3) is 2.73. The van der Waals surface area contributed by atoms with Gasteiger partial charge in [0, 0.05) is 5.56 Å². The molecular weight excluding hydrogens is 292 g/mol. The summed E-state index contributed by atoms with van der Waals surface area (Å²) in [5.74, 6) is -0.0174. The van der Waals surface area contributed by atoms with Gasteiger partial charge in [-0.25, -0.2) is 4.98 Å². The highest BCUT2D eigenvalue weighted by Gasteiger charge is 2.16. The molecule has 0 N–H and O–H groups in total. The van der Waals surface area contributed by atoms with E-state index in [2.05, 4.69) is 4.98 Å². The first-order valence-corrected chi connectivity index (χ1v) is 7.24. The Kier molecular flexibility index (Phi) is 3.93. The summed E-state index contributed by atoms with van der Waals surface area (Å²) >= 11 is 0. The summed E-state index contributed by atoms with van der Waals surface area (Å²) in [6, 6.07) is 14.7. The smallest absolute Gasteiger partial charge is 0.325 e. The molecule has 5 heteroatoms. The number of carbonyl (C=O) groups excluding carboxylic acids is 1. The Bertz CT molecular complexity index is 944. The maximum Gasteiger partial charge on any atom is 0.325 e. The van der Waals surface area contributed by atoms with E-state index in [9.17, 15) is 9.59 Å². The van der Waals surface area contributed by atoms with Crippen molar-refractivity contribution in [2.24, 2.45) is 0 Å². The topological polar surface area (TPSA) is 61.2 Å². The lowest BCUT2D eigenvalue weighted by Crippen LogP contribution is -2.27. The zero-order valence-corrected chi connectivity index (χ0v) is 12.9. The van der Waals surface area contributed by atoms with E-state index in [1.165, 1.54) is 11.7 Å². The second kappa shape index (κ2) is 6.04. The standard InChI is InChI=1S/C18H16N2O3/c1-12-7-3-4-8-13(12)17-19-15-10-6-5-9-14(15)18(22)20(17)11-16(21)23-2/h3-10H,11H2,1-2H3. The monoisotopic (exact) mass is 308 g/mol. The van der Waals surface area contributed by atoms with Crippen LogP contribution in [0.3, 0.4) is 0 Å². The lowest BCUT2D eigenvalue weighted by Gasteiger charge is -2.14. The van der Waals surface area contributed by atoms with Crippen LogP contribution >= 0.6 is 0 Å². The maximum absolute atomic E-state index is 12.8. The van der Waals surface area contributed by atoms with Gasteiger partial charge in [0.25, 0.3) is 5.56 Å². The van der Waals surface area contributed by atoms with Crippen LogP contribution in [0.5, 0.6) is 0 Å². The van der Waals surface area contributed by atoms with Gasteiger partial charge in [0.1, 0.15) is 12.4 Å². The van der Waals surface area contributed by atoms with Crippen LogP contribution in [0, 0.1) is 6.92 Å². The number of aromatic nitrogens is 2. The summed E-state index contributed by atoms with van der Waals surface area (Å²) in [5.41, 5.74) is 2.16. The van der Waals surface area contributed by atoms with E-state index in [4.69, 9.17) is 4.74 Å². The maximum atomic E-state index is 12.8. The van der Waals surface area contributed by atoms with Crippen LogP contribution < -0.4 is 5.56 Å². The fraction of sp³-hybridized carbons (Fsp3) is 0.167. The zero-order valence-electron chi connectivity index (χ0n) is 12.9. The van der Waals surface area contributed by atoms with Crippen LogP contribution in [-0.4, -0.2) is 22.6 Å². The first kappa shape index (κ1) is 15.0. The minimum absolute atomic E-state index is 0.170. The van der Waals surface area contributed by atoms with Crippen LogP contribution in [0.25, 0.3) is 22.3 Å². The average molecular weight is 308 g/mol. The minimum atomic E-state index is -0.487. The van der Waals surface area contributed by atoms with Crippen molar-refractivity contribution in [1.29, 1.82) is 0 Å². The third-order valence-electron chi connectivity index (χ3n) is 3.76. The van der Waals surface area contributed by atoms with Crippen LogP contribution in [0.4, 0.5) is 0 Å². The highest BCUT2D eigenvalue weighted by Crippen LogP contribution is 2.22. The molecule has 0 bridgehead atoms. The Morgan fingerprint density at radius 1 is 1.13 bits per heavy atom. The highest BCUT2D eigenvalue weighted by atomic mass is 16.5. The molecule has 0 spiro atoms. The van der Waals surface area contributed by atoms with E-state index in [1.54, 1.807) is 18.2 Å². The summed E-state index contributed by atoms with van der Waals surface area (Å²) < 4.78 is 6.09. The summed E-state index contributed by atoms with van der Waals surface area (Å²) in [5, 5.41) is 0.480. The van der Waals surface area contributed by atoms with Gasteiger partial charge >= 0.3 is 5.97 Å². The van der Waals surface area contributed by atoms with Gasteiger partial charge in [-0.2, -0.15) is 0 Å². The number of carbonyl (C=O) groups is 1. The van der Waals surface area contributed by atoms with Gasteiger partial charge in [0.2, 0.25) is 0 Å². The summed E-state index contributed by atoms with van der Waals surface area (Å²) in [6.07, 6.45) is 0. The SMILES string of the molecule is COC(=O)Cn1c(-c2ccccc2C)nc2ccccc2c1=O. The molecule has 0 aliphatic heterocycles. The van der Waals surface area contributed by atoms with E-state index in [-0.39, 0.29) is 12.1 Å². The largest absolute Gasteiger partial charge is 0.468 e. The van der Waals surface area contributed by atoms with Crippen molar-refractivity contribution in [3.63, 3.8) is 0 Å². The first-order valence-electron chi connectivity index (χ1n) is 7.24. The Morgan fingerprint density at radius 2 is 1.83 bits per heavy atom. The molecule has 3 aromatic rings. The van der Waals surface area contributed by atoms with E-state index in [1.807, 2.05) is 37.3 Å². The number of hydrogen-bond acceptors (Lipinski definition) is 4. The van der Waals surface area contributed by atoms with Crippen LogP contribution in [0.2, 0.25) is 0 Å². The molecule has 0 fully saturated rings. The lowest BCUT2D eigenvalue weighted by molar-refractivity contribution is -0.141. The van der Waals surface area contributed by atoms with Crippen LogP contribution in [0.1, 0.15) is 5.56 Å². The molecule has 0 aliphatic rings. The van der Waals surface area contributed by atoms with Gasteiger partial charge in [-0.05, 0) is 24.6 Å². The predicted molar refractivity (Wildman–Crippen MR) is 88.2 cm³/mol. The molecule has 5 nitrogen and oxygen atoms in total. The average Bonchev–Trinajstić information content (AvgIpc) is 2.57. The number of fused-ring (bicyclic) bond motifs is 1. The molecule has 3 rings (SSSR count). The Labute approximate surface area is 133 Å². The number of hydrogen-bond donors (Lipinski definition) is 0. The van der Waals surface area contributed by atoms with Crippen molar-refractivity contribution < 1.29 is 9.53 Å². The van der Waals surface area contributed by atoms with Gasteiger partial charge < -0.3 is 4.74 Å². The molecule has 116 valence electrons. The van der Waals surface area contributed by atoms with Gasteiger partial charge in [0.15, 0.2) is 0 Å². The number of aryl methyl sites for hydroxylation is 1. The third-order valence-corrected chi connectivity index (χ3v) is 3.76. The molecule has 1 heterocycles. The van der Waals surface area contributed by atoms with E-state index >= 15 is 0 Å². The van der Waals surface area contributed by atoms with Crippen molar-refractivity contribution in [3.05, 3.63) is 64.4 Å². The lowest BCUT2D eigenvalue weighted by atomic mass is 10.1. The second-order valence-electron chi connectivity index (χ2n) is 5.23. The Balaban J connectivity index is 2.34. The number of ether oxygens (including phenoxy) is 1. The molecule has 0 unspecified atom stereocenters. The molecule has 0 saturated carbocycles. The molecule has 23 heavy (non-hydrogen) atoms. The number of rotatable bonds is 3. The van der Waals surface area contributed by atoms with Crippen LogP contribution in [0.15, 0.2) is 53.3 Å². The number of benzene rings is 2. The summed E-state index contributed by atoms with van der Waals surface area (Å²) in [4.78, 5) is 29.1. The number of nitrogens with zero attached hydrogens (tertiary/aromatic N) is 2. The number of methoxy groups -OCH3 is 1. The summed E-state index contributed by atoms with van der Waals surface area (Å²) in [7, 11) is 1.30. The van der Waals surface area contributed by atoms with E-state index < -0.39 is 5.97 Å². The van der Waals surface area contributed by atoms with Gasteiger partial charge in [-0.3, -0.25) is 14.2 Å². The van der Waals surface area contributed by atoms with Crippen molar-refractivity contribution in [3.8, 4) is 11.4 Å². The quantitative estimate of drug-likeness (QED) is 0.698. The second-order valence-corrected chi connectivity index (χ2v) is 5.23. The van der Waals surface area contributed by atoms with Crippen molar-refractivity contribution in [1.82, 2.24) is 9.55 Å². The first-order chi connectivity index (χ1) is 11.1. The van der Waals surface area contributed by atoms with E-state index in [0.29, 0.717) is 16.7 Å². The van der Waals surface area contributed by atoms with Gasteiger partial charge in [-0.15, -0.1) is 0 Å². The predicted octanol–water partition coefficient (Wildman–Crippen LogP) is 2.54. The molecule has 0 radical (unpaired) electrons. The van der Waals surface area contributed by atoms with Gasteiger partial charge in [-0.1, -0.05) is 36.4 Å². The number of esters is 1. The normalized spacial score (nSPS) is 10.7. The number of para-hydroxylation sites is 1. The van der Waals surface area contributed by atoms with Crippen LogP contribution in [-0.2, 0) is 16.1 Å². The van der Waals surface area contributed by atoms with E-state index in [0.717, 1.165) is 11.1 Å². The Morgan fingerprint density at radius 3 is 2.57 bits per heavy atom. The molecule has 0 atom stereocenters. The van der Waals surface area contributed by atoms with Crippen molar-refractivity contribution in [2.75, 3.05) is 7.11 Å². The van der Waals surface area contributed by atoms with Gasteiger partial charge in [0.05, 0.1) is 18.0 Å². The molecule has 2 aromatic carbocycles. The molecule has 0 saturated heterocycles. The molecule has 0 amide bonds. The summed E-state index contributed by atoms with van der Waals surface area (Å²) in [6.45, 7) is 1.77. The fourth-order valence-corrected chi connectivity index (χ4v) is 2.54.